The summed E-state index contributed by atoms with van der Waals surface area (Å²) in [4.78, 5) is 8.67. The van der Waals surface area contributed by atoms with Crippen LogP contribution in [0.3, 0.4) is 0 Å². The summed E-state index contributed by atoms with van der Waals surface area (Å²) < 4.78 is 38.5. The Labute approximate surface area is 163 Å². The van der Waals surface area contributed by atoms with Crippen LogP contribution < -0.4 is 5.32 Å². The molecule has 0 spiro atoms. The minimum atomic E-state index is -4.41. The fourth-order valence-electron chi connectivity index (χ4n) is 3.92. The van der Waals surface area contributed by atoms with Crippen molar-refractivity contribution in [3.05, 3.63) is 59.8 Å². The molecule has 1 aliphatic heterocycles. The summed E-state index contributed by atoms with van der Waals surface area (Å²) in [6.45, 7) is 5.61. The maximum Gasteiger partial charge on any atom is 0.433 e. The van der Waals surface area contributed by atoms with Crippen molar-refractivity contribution in [2.45, 2.75) is 31.1 Å². The molecular formula is C21H25F3N4. The first-order valence-corrected chi connectivity index (χ1v) is 9.74. The molecule has 2 fully saturated rings. The van der Waals surface area contributed by atoms with Gasteiger partial charge in [-0.25, -0.2) is 4.98 Å². The van der Waals surface area contributed by atoms with Crippen LogP contribution in [-0.2, 0) is 12.7 Å². The van der Waals surface area contributed by atoms with Gasteiger partial charge in [-0.3, -0.25) is 9.80 Å². The highest BCUT2D eigenvalue weighted by molar-refractivity contribution is 5.37. The zero-order chi connectivity index (χ0) is 19.6. The van der Waals surface area contributed by atoms with Crippen molar-refractivity contribution < 1.29 is 13.2 Å². The lowest BCUT2D eigenvalue weighted by Gasteiger charge is -2.40. The second-order valence-corrected chi connectivity index (χ2v) is 7.73. The van der Waals surface area contributed by atoms with Crippen molar-refractivity contribution in [2.24, 2.45) is 0 Å². The molecule has 1 aliphatic carbocycles. The summed E-state index contributed by atoms with van der Waals surface area (Å²) in [5, 5.41) is 3.14. The van der Waals surface area contributed by atoms with E-state index in [2.05, 4.69) is 44.4 Å². The van der Waals surface area contributed by atoms with Gasteiger partial charge in [0.1, 0.15) is 11.5 Å². The van der Waals surface area contributed by atoms with Crippen molar-refractivity contribution in [3.8, 4) is 0 Å². The van der Waals surface area contributed by atoms with E-state index in [1.165, 1.54) is 11.6 Å². The summed E-state index contributed by atoms with van der Waals surface area (Å²) >= 11 is 0. The van der Waals surface area contributed by atoms with Crippen molar-refractivity contribution in [3.63, 3.8) is 0 Å². The summed E-state index contributed by atoms with van der Waals surface area (Å²) in [5.41, 5.74) is 0.542. The predicted molar refractivity (Wildman–Crippen MR) is 103 cm³/mol. The minimum Gasteiger partial charge on any atom is -0.368 e. The van der Waals surface area contributed by atoms with Crippen LogP contribution in [0.15, 0.2) is 48.5 Å². The summed E-state index contributed by atoms with van der Waals surface area (Å²) in [6.07, 6.45) is -2.25. The number of aromatic nitrogens is 1. The molecule has 7 heteroatoms. The van der Waals surface area contributed by atoms with Gasteiger partial charge < -0.3 is 5.32 Å². The second kappa shape index (κ2) is 7.72. The van der Waals surface area contributed by atoms with Crippen LogP contribution in [0.25, 0.3) is 0 Å². The van der Waals surface area contributed by atoms with Gasteiger partial charge in [-0.05, 0) is 30.5 Å². The number of anilines is 1. The molecule has 2 heterocycles. The van der Waals surface area contributed by atoms with Crippen LogP contribution in [0.4, 0.5) is 19.0 Å². The van der Waals surface area contributed by atoms with Gasteiger partial charge in [0.05, 0.1) is 0 Å². The number of benzene rings is 1. The van der Waals surface area contributed by atoms with Crippen LogP contribution in [-0.4, -0.2) is 53.0 Å². The number of halogens is 3. The predicted octanol–water partition coefficient (Wildman–Crippen LogP) is 3.86. The molecule has 0 radical (unpaired) electrons. The van der Waals surface area contributed by atoms with Crippen LogP contribution >= 0.6 is 0 Å². The summed E-state index contributed by atoms with van der Waals surface area (Å²) in [6, 6.07) is 14.5. The quantitative estimate of drug-likeness (QED) is 0.812. The third-order valence-corrected chi connectivity index (χ3v) is 5.76. The molecule has 1 saturated heterocycles. The SMILES string of the molecule is FC(F)(F)c1cccc(NCC2(N3CCN(Cc4ccccc4)CC3)CC2)n1. The fourth-order valence-corrected chi connectivity index (χ4v) is 3.92. The number of hydrogen-bond donors (Lipinski definition) is 1. The van der Waals surface area contributed by atoms with Crippen LogP contribution in [0.2, 0.25) is 0 Å². The molecule has 28 heavy (non-hydrogen) atoms. The molecule has 1 saturated carbocycles. The van der Waals surface area contributed by atoms with Crippen LogP contribution in [0.5, 0.6) is 0 Å². The number of alkyl halides is 3. The largest absolute Gasteiger partial charge is 0.433 e. The molecular weight excluding hydrogens is 365 g/mol. The van der Waals surface area contributed by atoms with Gasteiger partial charge in [0, 0.05) is 44.8 Å². The minimum absolute atomic E-state index is 0.0642. The Kier molecular flexibility index (Phi) is 5.29. The number of hydrogen-bond acceptors (Lipinski definition) is 4. The highest BCUT2D eigenvalue weighted by atomic mass is 19.4. The van der Waals surface area contributed by atoms with E-state index in [4.69, 9.17) is 0 Å². The highest BCUT2D eigenvalue weighted by Gasteiger charge is 2.48. The van der Waals surface area contributed by atoms with Gasteiger partial charge in [0.2, 0.25) is 0 Å². The molecule has 2 aromatic rings. The number of rotatable bonds is 6. The van der Waals surface area contributed by atoms with Gasteiger partial charge in [-0.2, -0.15) is 13.2 Å². The summed E-state index contributed by atoms with van der Waals surface area (Å²) in [5.74, 6) is 0.295. The topological polar surface area (TPSA) is 31.4 Å². The molecule has 150 valence electrons. The Morgan fingerprint density at radius 3 is 2.29 bits per heavy atom. The van der Waals surface area contributed by atoms with E-state index in [9.17, 15) is 13.2 Å². The number of pyridine rings is 1. The zero-order valence-electron chi connectivity index (χ0n) is 15.8. The first-order chi connectivity index (χ1) is 13.4. The van der Waals surface area contributed by atoms with Gasteiger partial charge >= 0.3 is 6.18 Å². The van der Waals surface area contributed by atoms with E-state index in [-0.39, 0.29) is 5.54 Å². The Bertz CT molecular complexity index is 782. The lowest BCUT2D eigenvalue weighted by Crippen LogP contribution is -2.53. The number of nitrogens with one attached hydrogen (secondary N) is 1. The lowest BCUT2D eigenvalue weighted by atomic mass is 10.1. The first-order valence-electron chi connectivity index (χ1n) is 9.74. The van der Waals surface area contributed by atoms with E-state index in [0.29, 0.717) is 12.4 Å². The molecule has 1 N–H and O–H groups in total. The molecule has 0 amide bonds. The Morgan fingerprint density at radius 2 is 1.64 bits per heavy atom. The summed E-state index contributed by atoms with van der Waals surface area (Å²) in [7, 11) is 0. The highest BCUT2D eigenvalue weighted by Crippen LogP contribution is 2.42. The third-order valence-electron chi connectivity index (χ3n) is 5.76. The Balaban J connectivity index is 1.30. The maximum atomic E-state index is 12.8. The number of nitrogens with zero attached hydrogens (tertiary/aromatic N) is 3. The number of piperazine rings is 1. The van der Waals surface area contributed by atoms with E-state index in [0.717, 1.165) is 51.6 Å². The van der Waals surface area contributed by atoms with Gasteiger partial charge in [0.25, 0.3) is 0 Å². The molecule has 2 aliphatic rings. The monoisotopic (exact) mass is 390 g/mol. The van der Waals surface area contributed by atoms with Gasteiger partial charge in [-0.1, -0.05) is 36.4 Å². The molecule has 4 nitrogen and oxygen atoms in total. The van der Waals surface area contributed by atoms with Gasteiger partial charge in [-0.15, -0.1) is 0 Å². The molecule has 0 atom stereocenters. The van der Waals surface area contributed by atoms with E-state index in [1.54, 1.807) is 6.07 Å². The average Bonchev–Trinajstić information content (AvgIpc) is 3.49. The zero-order valence-corrected chi connectivity index (χ0v) is 15.8. The van der Waals surface area contributed by atoms with Crippen molar-refractivity contribution >= 4 is 5.82 Å². The van der Waals surface area contributed by atoms with Crippen molar-refractivity contribution in [1.82, 2.24) is 14.8 Å². The molecule has 1 aromatic heterocycles. The van der Waals surface area contributed by atoms with Crippen LogP contribution in [0, 0.1) is 0 Å². The van der Waals surface area contributed by atoms with E-state index in [1.807, 2.05) is 6.07 Å². The van der Waals surface area contributed by atoms with E-state index >= 15 is 0 Å². The molecule has 4 rings (SSSR count). The Morgan fingerprint density at radius 1 is 0.929 bits per heavy atom. The smallest absolute Gasteiger partial charge is 0.368 e. The maximum absolute atomic E-state index is 12.8. The standard InChI is InChI=1S/C21H25F3N4/c22-21(23,24)18-7-4-8-19(26-18)25-16-20(9-10-20)28-13-11-27(12-14-28)15-17-5-2-1-3-6-17/h1-8H,9-16H2,(H,25,26). The van der Waals surface area contributed by atoms with Gasteiger partial charge in [0.15, 0.2) is 0 Å². The van der Waals surface area contributed by atoms with Crippen LogP contribution in [0.1, 0.15) is 24.1 Å². The average molecular weight is 390 g/mol. The molecule has 0 unspecified atom stereocenters. The molecule has 1 aromatic carbocycles. The third kappa shape index (κ3) is 4.47. The fraction of sp³-hybridized carbons (Fsp3) is 0.476. The second-order valence-electron chi connectivity index (χ2n) is 7.73. The first kappa shape index (κ1) is 19.2. The van der Waals surface area contributed by atoms with Crippen molar-refractivity contribution in [1.29, 1.82) is 0 Å². The normalized spacial score (nSPS) is 20.1. The lowest BCUT2D eigenvalue weighted by molar-refractivity contribution is -0.141. The van der Waals surface area contributed by atoms with E-state index < -0.39 is 11.9 Å². The molecule has 0 bridgehead atoms. The Hall–Kier alpha value is -2.12. The van der Waals surface area contributed by atoms with Crippen molar-refractivity contribution in [2.75, 3.05) is 38.0 Å².